The van der Waals surface area contributed by atoms with Crippen LogP contribution in [0.25, 0.3) is 11.2 Å². The molecule has 2 aromatic heterocycles. The lowest BCUT2D eigenvalue weighted by Crippen LogP contribution is -2.58. The number of amides is 1. The molecule has 0 bridgehead atoms. The van der Waals surface area contributed by atoms with Gasteiger partial charge in [0.2, 0.25) is 0 Å². The van der Waals surface area contributed by atoms with E-state index in [9.17, 15) is 4.79 Å². The zero-order valence-corrected chi connectivity index (χ0v) is 42.6. The highest BCUT2D eigenvalue weighted by atomic mass is 31.2. The van der Waals surface area contributed by atoms with Gasteiger partial charge >= 0.3 is 0 Å². The fourth-order valence-corrected chi connectivity index (χ4v) is 16.7. The number of rotatable bonds is 17. The lowest BCUT2D eigenvalue weighted by Gasteiger charge is -2.37. The van der Waals surface area contributed by atoms with E-state index in [1.54, 1.807) is 43.1 Å². The number of ether oxygens (including phenoxy) is 4. The number of methoxy groups -OCH3 is 2. The van der Waals surface area contributed by atoms with Crippen molar-refractivity contribution in [3.8, 4) is 11.5 Å². The molecule has 3 aliphatic heterocycles. The van der Waals surface area contributed by atoms with E-state index in [1.807, 2.05) is 84.9 Å². The van der Waals surface area contributed by atoms with Crippen molar-refractivity contribution in [2.24, 2.45) is 0 Å². The van der Waals surface area contributed by atoms with Gasteiger partial charge in [0.15, 0.2) is 29.4 Å². The fraction of sp³-hybridized carbons (Fsp3) is 0.263. The molecule has 1 amide bonds. The van der Waals surface area contributed by atoms with Crippen LogP contribution >= 0.6 is 8.53 Å². The first-order chi connectivity index (χ1) is 35.8. The Morgan fingerprint density at radius 1 is 0.753 bits per heavy atom. The van der Waals surface area contributed by atoms with E-state index in [0.717, 1.165) is 42.1 Å². The van der Waals surface area contributed by atoms with Gasteiger partial charge in [-0.15, -0.1) is 0 Å². The van der Waals surface area contributed by atoms with Gasteiger partial charge in [-0.3, -0.25) is 9.36 Å². The maximum atomic E-state index is 18.1. The molecule has 6 aromatic carbocycles. The van der Waals surface area contributed by atoms with E-state index >= 15 is 4.39 Å². The highest BCUT2D eigenvalue weighted by Gasteiger charge is 2.55. The third kappa shape index (κ3) is 9.35. The summed E-state index contributed by atoms with van der Waals surface area (Å²) in [6, 6.07) is 56.8. The van der Waals surface area contributed by atoms with Crippen molar-refractivity contribution in [1.29, 1.82) is 0 Å². The monoisotopic (exact) mass is 1010 g/mol. The Morgan fingerprint density at radius 3 is 1.93 bits per heavy atom. The molecule has 13 nitrogen and oxygen atoms in total. The van der Waals surface area contributed by atoms with E-state index in [0.29, 0.717) is 17.1 Å². The Balaban J connectivity index is 0.961. The third-order valence-electron chi connectivity index (χ3n) is 14.6. The molecule has 73 heavy (non-hydrogen) atoms. The van der Waals surface area contributed by atoms with Gasteiger partial charge in [-0.2, -0.15) is 0 Å². The summed E-state index contributed by atoms with van der Waals surface area (Å²) >= 11 is 0. The Hall–Kier alpha value is -6.68. The van der Waals surface area contributed by atoms with Crippen molar-refractivity contribution in [1.82, 2.24) is 24.2 Å². The maximum absolute atomic E-state index is 18.1. The summed E-state index contributed by atoms with van der Waals surface area (Å²) in [6.07, 6.45) is -0.591. The first kappa shape index (κ1) is 48.6. The molecule has 3 saturated heterocycles. The minimum atomic E-state index is -2.36. The van der Waals surface area contributed by atoms with Gasteiger partial charge in [0.05, 0.1) is 33.3 Å². The number of benzene rings is 6. The van der Waals surface area contributed by atoms with Crippen LogP contribution in [0, 0.1) is 0 Å². The molecule has 16 heteroatoms. The number of nitrogens with zero attached hydrogens (tertiary/aromatic N) is 5. The lowest BCUT2D eigenvalue weighted by atomic mass is 9.80. The summed E-state index contributed by atoms with van der Waals surface area (Å²) in [5, 5.41) is 5.52. The fourth-order valence-electron chi connectivity index (χ4n) is 10.7. The molecular weight excluding hydrogens is 959 g/mol. The first-order valence-electron chi connectivity index (χ1n) is 24.6. The Bertz CT molecular complexity index is 3040. The van der Waals surface area contributed by atoms with E-state index in [-0.39, 0.29) is 41.6 Å². The molecule has 1 N–H and O–H groups in total. The predicted molar refractivity (Wildman–Crippen MR) is 282 cm³/mol. The number of hydrogen-bond donors (Lipinski definition) is 1. The quantitative estimate of drug-likeness (QED) is 0.0532. The molecule has 0 spiro atoms. The SMILES string of the molecule is COc1ccc(C(OC[C@H]2O[C@@H](n3cnc4c(NC(=O)c5ccccc5)ncnc43)[C@H](F)[C@@H]2O[P@@]2O[C@H](C[Si](C)(c3ccccc3)c3ccccc3)[C@@H]3CCCN32)(c2ccccc2)c2ccc(OC)cc2)cc1. The van der Waals surface area contributed by atoms with Crippen molar-refractivity contribution < 1.29 is 37.2 Å². The number of alkyl halides is 1. The van der Waals surface area contributed by atoms with Crippen LogP contribution in [0.15, 0.2) is 183 Å². The molecule has 372 valence electrons. The zero-order chi connectivity index (χ0) is 49.9. The van der Waals surface area contributed by atoms with Crippen LogP contribution in [0.4, 0.5) is 10.2 Å². The normalized spacial score (nSPS) is 22.1. The number of carbonyl (C=O) groups is 1. The molecular formula is C57H56FN6O7PSi. The number of hydrogen-bond acceptors (Lipinski definition) is 11. The van der Waals surface area contributed by atoms with Gasteiger partial charge in [-0.25, -0.2) is 24.0 Å². The molecule has 0 aliphatic carbocycles. The number of anilines is 1. The third-order valence-corrected chi connectivity index (χ3v) is 20.8. The highest BCUT2D eigenvalue weighted by Crippen LogP contribution is 2.59. The molecule has 11 rings (SSSR count). The second-order valence-electron chi connectivity index (χ2n) is 18.8. The summed E-state index contributed by atoms with van der Waals surface area (Å²) in [5.41, 5.74) is 2.22. The van der Waals surface area contributed by atoms with Gasteiger partial charge in [-0.05, 0) is 72.0 Å². The van der Waals surface area contributed by atoms with Gasteiger partial charge in [0.1, 0.15) is 43.7 Å². The smallest absolute Gasteiger partial charge is 0.259 e. The largest absolute Gasteiger partial charge is 0.497 e. The van der Waals surface area contributed by atoms with E-state index in [1.165, 1.54) is 23.0 Å². The summed E-state index contributed by atoms with van der Waals surface area (Å²) in [4.78, 5) is 26.9. The number of carbonyl (C=O) groups excluding carboxylic acids is 1. The lowest BCUT2D eigenvalue weighted by molar-refractivity contribution is -0.0914. The molecule has 3 fully saturated rings. The molecule has 0 radical (unpaired) electrons. The molecule has 3 aliphatic rings. The van der Waals surface area contributed by atoms with Crippen LogP contribution in [0.1, 0.15) is 46.1 Å². The summed E-state index contributed by atoms with van der Waals surface area (Å²) in [6.45, 7) is 3.07. The molecule has 8 aromatic rings. The minimum Gasteiger partial charge on any atom is -0.497 e. The van der Waals surface area contributed by atoms with Crippen LogP contribution in [0.5, 0.6) is 11.5 Å². The van der Waals surface area contributed by atoms with Crippen molar-refractivity contribution in [3.63, 3.8) is 0 Å². The Kier molecular flexibility index (Phi) is 14.0. The number of fused-ring (bicyclic) bond motifs is 2. The second-order valence-corrected chi connectivity index (χ2v) is 24.4. The van der Waals surface area contributed by atoms with Gasteiger partial charge in [0, 0.05) is 18.2 Å². The van der Waals surface area contributed by atoms with E-state index in [2.05, 4.69) is 92.1 Å². The standard InChI is InChI=1S/C57H56FN6O7PSi/c1-66-43-30-26-41(27-31-43)57(40-19-10-5-11-20-40,42-28-32-44(67-2)33-29-42)68-35-48-52(50(58)56(69-48)63-38-61-51-53(59-37-60-54(51)63)62-55(65)39-17-8-4-9-18-39)71-72-64-34-16-25-47(64)49(70-72)36-73(3,45-21-12-6-13-22-45)46-23-14-7-15-24-46/h4-15,17-24,26-33,37-38,47-50,52,56H,16,25,34-36H2,1-3H3,(H,59,60,62,65)/t47-,48+,49+,50+,52+,56+,72+/m0/s1. The summed E-state index contributed by atoms with van der Waals surface area (Å²) in [5.74, 6) is 1.18. The Labute approximate surface area is 426 Å². The molecule has 0 saturated carbocycles. The number of nitrogens with one attached hydrogen (secondary N) is 1. The number of halogens is 1. The van der Waals surface area contributed by atoms with Crippen LogP contribution in [-0.4, -0.2) is 96.1 Å². The molecule has 5 heterocycles. The maximum Gasteiger partial charge on any atom is 0.259 e. The van der Waals surface area contributed by atoms with Crippen LogP contribution in [0.3, 0.4) is 0 Å². The van der Waals surface area contributed by atoms with Crippen LogP contribution < -0.4 is 25.2 Å². The van der Waals surface area contributed by atoms with Crippen molar-refractivity contribution in [3.05, 3.63) is 205 Å². The van der Waals surface area contributed by atoms with Crippen molar-refractivity contribution in [2.75, 3.05) is 32.7 Å². The highest BCUT2D eigenvalue weighted by molar-refractivity contribution is 7.45. The number of aromatic nitrogens is 4. The van der Waals surface area contributed by atoms with Crippen LogP contribution in [0.2, 0.25) is 12.6 Å². The second kappa shape index (κ2) is 21.0. The minimum absolute atomic E-state index is 0.103. The topological polar surface area (TPSA) is 131 Å². The van der Waals surface area contributed by atoms with Gasteiger partial charge < -0.3 is 33.3 Å². The van der Waals surface area contributed by atoms with Gasteiger partial charge in [-0.1, -0.05) is 150 Å². The average molecular weight is 1020 g/mol. The van der Waals surface area contributed by atoms with Crippen molar-refractivity contribution in [2.45, 2.75) is 67.8 Å². The Morgan fingerprint density at radius 2 is 1.33 bits per heavy atom. The average Bonchev–Trinajstić information content (AvgIpc) is 4.25. The van der Waals surface area contributed by atoms with Crippen molar-refractivity contribution >= 4 is 49.9 Å². The molecule has 7 atom stereocenters. The molecule has 0 unspecified atom stereocenters. The van der Waals surface area contributed by atoms with Crippen LogP contribution in [-0.2, 0) is 24.1 Å². The predicted octanol–water partition coefficient (Wildman–Crippen LogP) is 9.71. The van der Waals surface area contributed by atoms with Gasteiger partial charge in [0.25, 0.3) is 14.4 Å². The summed E-state index contributed by atoms with van der Waals surface area (Å²) < 4.78 is 61.8. The van der Waals surface area contributed by atoms with E-state index < -0.39 is 46.8 Å². The first-order valence-corrected chi connectivity index (χ1v) is 28.4. The summed E-state index contributed by atoms with van der Waals surface area (Å²) in [7, 11) is -0.849. The number of imidazole rings is 1. The van der Waals surface area contributed by atoms with E-state index in [4.69, 9.17) is 28.0 Å². The zero-order valence-electron chi connectivity index (χ0n) is 40.7.